The molecule has 2 aromatic rings. The number of ether oxygens (including phenoxy) is 1. The maximum atomic E-state index is 12.6. The molecule has 24 heavy (non-hydrogen) atoms. The largest absolute Gasteiger partial charge is 0.496 e. The van der Waals surface area contributed by atoms with Gasteiger partial charge in [-0.2, -0.15) is 0 Å². The second-order valence-corrected chi connectivity index (χ2v) is 6.39. The number of amides is 1. The summed E-state index contributed by atoms with van der Waals surface area (Å²) < 4.78 is 6.12. The van der Waals surface area contributed by atoms with Gasteiger partial charge in [0.05, 0.1) is 12.0 Å². The van der Waals surface area contributed by atoms with Crippen molar-refractivity contribution in [2.45, 2.75) is 6.54 Å². The van der Waals surface area contributed by atoms with Crippen molar-refractivity contribution in [1.29, 1.82) is 0 Å². The molecule has 6 nitrogen and oxygen atoms in total. The molecular formula is C16H14BrClN2O4. The van der Waals surface area contributed by atoms with Crippen molar-refractivity contribution < 1.29 is 14.5 Å². The smallest absolute Gasteiger partial charge is 0.283 e. The number of carbonyl (C=O) groups excluding carboxylic acids is 1. The van der Waals surface area contributed by atoms with E-state index in [1.165, 1.54) is 23.1 Å². The summed E-state index contributed by atoms with van der Waals surface area (Å²) in [6.07, 6.45) is 0. The fraction of sp³-hybridized carbons (Fsp3) is 0.188. The van der Waals surface area contributed by atoms with Crippen molar-refractivity contribution in [2.75, 3.05) is 14.2 Å². The Morgan fingerprint density at radius 2 is 2.04 bits per heavy atom. The van der Waals surface area contributed by atoms with Crippen LogP contribution in [0.5, 0.6) is 5.75 Å². The highest BCUT2D eigenvalue weighted by Crippen LogP contribution is 2.27. The number of carbonyl (C=O) groups is 1. The SMILES string of the molecule is COc1ccc(Br)cc1CN(C)C(=O)c1ccc(Cl)cc1[N+](=O)[O-]. The average Bonchev–Trinajstić information content (AvgIpc) is 2.54. The van der Waals surface area contributed by atoms with Gasteiger partial charge in [0.15, 0.2) is 0 Å². The number of nitro groups is 1. The van der Waals surface area contributed by atoms with E-state index in [1.54, 1.807) is 20.2 Å². The lowest BCUT2D eigenvalue weighted by atomic mass is 10.1. The predicted octanol–water partition coefficient (Wildman–Crippen LogP) is 4.29. The molecule has 0 saturated heterocycles. The molecule has 0 N–H and O–H groups in total. The topological polar surface area (TPSA) is 72.7 Å². The molecule has 0 atom stereocenters. The summed E-state index contributed by atoms with van der Waals surface area (Å²) in [5, 5.41) is 11.4. The molecule has 0 saturated carbocycles. The van der Waals surface area contributed by atoms with Crippen molar-refractivity contribution in [1.82, 2.24) is 4.90 Å². The summed E-state index contributed by atoms with van der Waals surface area (Å²) in [6.45, 7) is 0.237. The molecule has 0 aromatic heterocycles. The third-order valence-electron chi connectivity index (χ3n) is 3.38. The quantitative estimate of drug-likeness (QED) is 0.541. The predicted molar refractivity (Wildman–Crippen MR) is 94.6 cm³/mol. The highest BCUT2D eigenvalue weighted by atomic mass is 79.9. The van der Waals surface area contributed by atoms with Crippen LogP contribution in [0, 0.1) is 10.1 Å². The molecule has 0 aliphatic heterocycles. The molecule has 0 fully saturated rings. The number of rotatable bonds is 5. The summed E-state index contributed by atoms with van der Waals surface area (Å²) >= 11 is 9.15. The Kier molecular flexibility index (Phi) is 5.80. The van der Waals surface area contributed by atoms with Crippen molar-refractivity contribution in [3.05, 3.63) is 67.1 Å². The van der Waals surface area contributed by atoms with Crippen LogP contribution in [-0.2, 0) is 6.54 Å². The second-order valence-electron chi connectivity index (χ2n) is 5.04. The van der Waals surface area contributed by atoms with Crippen molar-refractivity contribution in [3.8, 4) is 5.75 Å². The van der Waals surface area contributed by atoms with E-state index in [0.717, 1.165) is 10.0 Å². The van der Waals surface area contributed by atoms with E-state index < -0.39 is 10.8 Å². The van der Waals surface area contributed by atoms with Crippen LogP contribution in [0.15, 0.2) is 40.9 Å². The van der Waals surface area contributed by atoms with Gasteiger partial charge in [-0.05, 0) is 30.3 Å². The summed E-state index contributed by atoms with van der Waals surface area (Å²) in [5.74, 6) is 0.156. The van der Waals surface area contributed by atoms with Crippen LogP contribution in [0.25, 0.3) is 0 Å². The first-order chi connectivity index (χ1) is 11.3. The molecule has 0 aliphatic rings. The molecule has 2 aromatic carbocycles. The number of nitro benzene ring substituents is 1. The van der Waals surface area contributed by atoms with Crippen molar-refractivity contribution in [2.24, 2.45) is 0 Å². The Morgan fingerprint density at radius 3 is 2.67 bits per heavy atom. The van der Waals surface area contributed by atoms with E-state index in [2.05, 4.69) is 15.9 Å². The molecule has 0 heterocycles. The average molecular weight is 414 g/mol. The molecule has 2 rings (SSSR count). The first kappa shape index (κ1) is 18.2. The fourth-order valence-electron chi connectivity index (χ4n) is 2.24. The number of halogens is 2. The monoisotopic (exact) mass is 412 g/mol. The second kappa shape index (κ2) is 7.63. The minimum Gasteiger partial charge on any atom is -0.496 e. The minimum atomic E-state index is -0.618. The third-order valence-corrected chi connectivity index (χ3v) is 4.11. The van der Waals surface area contributed by atoms with E-state index in [0.29, 0.717) is 5.75 Å². The first-order valence-electron chi connectivity index (χ1n) is 6.85. The number of nitrogens with zero attached hydrogens (tertiary/aromatic N) is 2. The van der Waals surface area contributed by atoms with E-state index in [-0.39, 0.29) is 22.8 Å². The highest BCUT2D eigenvalue weighted by molar-refractivity contribution is 9.10. The molecule has 126 valence electrons. The zero-order valence-corrected chi connectivity index (χ0v) is 15.3. The zero-order chi connectivity index (χ0) is 17.9. The third kappa shape index (κ3) is 4.04. The van der Waals surface area contributed by atoms with Crippen LogP contribution in [0.2, 0.25) is 5.02 Å². The first-order valence-corrected chi connectivity index (χ1v) is 8.02. The van der Waals surface area contributed by atoms with Gasteiger partial charge in [0, 0.05) is 34.7 Å². The maximum Gasteiger partial charge on any atom is 0.283 e. The summed E-state index contributed by atoms with van der Waals surface area (Å²) in [4.78, 5) is 24.5. The summed E-state index contributed by atoms with van der Waals surface area (Å²) in [5.41, 5.74) is 0.445. The lowest BCUT2D eigenvalue weighted by Crippen LogP contribution is -2.27. The molecular weight excluding hydrogens is 400 g/mol. The van der Waals surface area contributed by atoms with Crippen molar-refractivity contribution >= 4 is 39.1 Å². The van der Waals surface area contributed by atoms with E-state index >= 15 is 0 Å². The number of hydrogen-bond acceptors (Lipinski definition) is 4. The van der Waals surface area contributed by atoms with Crippen LogP contribution in [0.3, 0.4) is 0 Å². The fourth-order valence-corrected chi connectivity index (χ4v) is 2.82. The van der Waals surface area contributed by atoms with Gasteiger partial charge < -0.3 is 9.64 Å². The number of hydrogen-bond donors (Lipinski definition) is 0. The molecule has 0 unspecified atom stereocenters. The Labute approximate surface area is 152 Å². The van der Waals surface area contributed by atoms with Crippen LogP contribution in [0.1, 0.15) is 15.9 Å². The Balaban J connectivity index is 2.31. The Hall–Kier alpha value is -2.12. The van der Waals surface area contributed by atoms with Gasteiger partial charge in [0.25, 0.3) is 11.6 Å². The molecule has 0 radical (unpaired) electrons. The summed E-state index contributed by atoms with van der Waals surface area (Å²) in [6, 6.07) is 9.42. The normalized spacial score (nSPS) is 10.3. The molecule has 0 spiro atoms. The molecule has 8 heteroatoms. The van der Waals surface area contributed by atoms with E-state index in [9.17, 15) is 14.9 Å². The van der Waals surface area contributed by atoms with Gasteiger partial charge in [0.1, 0.15) is 11.3 Å². The van der Waals surface area contributed by atoms with Gasteiger partial charge in [-0.1, -0.05) is 27.5 Å². The van der Waals surface area contributed by atoms with Gasteiger partial charge in [-0.3, -0.25) is 14.9 Å². The van der Waals surface area contributed by atoms with Gasteiger partial charge in [-0.25, -0.2) is 0 Å². The van der Waals surface area contributed by atoms with Gasteiger partial charge in [0.2, 0.25) is 0 Å². The molecule has 0 aliphatic carbocycles. The van der Waals surface area contributed by atoms with Gasteiger partial charge in [-0.15, -0.1) is 0 Å². The minimum absolute atomic E-state index is 0.0131. The van der Waals surface area contributed by atoms with Crippen LogP contribution >= 0.6 is 27.5 Å². The zero-order valence-electron chi connectivity index (χ0n) is 13.0. The standard InChI is InChI=1S/C16H14BrClN2O4/c1-19(9-10-7-11(17)3-6-15(10)24-2)16(21)13-5-4-12(18)8-14(13)20(22)23/h3-8H,9H2,1-2H3. The lowest BCUT2D eigenvalue weighted by molar-refractivity contribution is -0.385. The van der Waals surface area contributed by atoms with Gasteiger partial charge >= 0.3 is 0 Å². The van der Waals surface area contributed by atoms with Crippen molar-refractivity contribution in [3.63, 3.8) is 0 Å². The van der Waals surface area contributed by atoms with Crippen LogP contribution < -0.4 is 4.74 Å². The van der Waals surface area contributed by atoms with Crippen LogP contribution in [-0.4, -0.2) is 29.9 Å². The van der Waals surface area contributed by atoms with Crippen LogP contribution in [0.4, 0.5) is 5.69 Å². The molecule has 1 amide bonds. The Bertz CT molecular complexity index is 798. The Morgan fingerprint density at radius 1 is 1.33 bits per heavy atom. The number of methoxy groups -OCH3 is 1. The molecule has 0 bridgehead atoms. The maximum absolute atomic E-state index is 12.6. The van der Waals surface area contributed by atoms with E-state index in [1.807, 2.05) is 12.1 Å². The highest BCUT2D eigenvalue weighted by Gasteiger charge is 2.24. The lowest BCUT2D eigenvalue weighted by Gasteiger charge is -2.19. The summed E-state index contributed by atoms with van der Waals surface area (Å²) in [7, 11) is 3.11. The number of benzene rings is 2. The van der Waals surface area contributed by atoms with E-state index in [4.69, 9.17) is 16.3 Å².